The summed E-state index contributed by atoms with van der Waals surface area (Å²) in [7, 11) is 1.57. The third-order valence-corrected chi connectivity index (χ3v) is 17.7. The second-order valence-corrected chi connectivity index (χ2v) is 27.2. The van der Waals surface area contributed by atoms with Crippen LogP contribution in [0.1, 0.15) is 144 Å². The molecule has 0 amide bonds. The van der Waals surface area contributed by atoms with Gasteiger partial charge in [0, 0.05) is 36.5 Å². The van der Waals surface area contributed by atoms with E-state index in [9.17, 15) is 52.6 Å². The summed E-state index contributed by atoms with van der Waals surface area (Å²) >= 11 is 0. The molecule has 0 aliphatic heterocycles. The van der Waals surface area contributed by atoms with E-state index in [-0.39, 0.29) is 128 Å². The zero-order chi connectivity index (χ0) is 86.5. The number of nitrogen functional groups attached to an aromatic ring is 6. The van der Waals surface area contributed by atoms with Crippen LogP contribution in [0, 0.1) is 29.2 Å². The van der Waals surface area contributed by atoms with Gasteiger partial charge in [0.25, 0.3) is 0 Å². The molecule has 0 radical (unpaired) electrons. The summed E-state index contributed by atoms with van der Waals surface area (Å²) in [5.74, 6) is -0.217. The van der Waals surface area contributed by atoms with Crippen molar-refractivity contribution in [2.75, 3.05) is 113 Å². The van der Waals surface area contributed by atoms with E-state index >= 15 is 0 Å². The molecule has 0 fully saturated rings. The van der Waals surface area contributed by atoms with Crippen molar-refractivity contribution in [2.45, 2.75) is 181 Å². The summed E-state index contributed by atoms with van der Waals surface area (Å²) in [6.45, 7) is 12.3. The van der Waals surface area contributed by atoms with Crippen LogP contribution in [0.25, 0.3) is 66.2 Å². The molecule has 0 aromatic carbocycles. The van der Waals surface area contributed by atoms with Gasteiger partial charge >= 0.3 is 0 Å². The molecule has 42 heteroatoms. The molecule has 0 saturated heterocycles. The Morgan fingerprint density at radius 2 is 0.588 bits per heavy atom. The number of halogens is 5. The van der Waals surface area contributed by atoms with Gasteiger partial charge in [0.15, 0.2) is 40.7 Å². The first-order valence-electron chi connectivity index (χ1n) is 39.0. The van der Waals surface area contributed by atoms with E-state index in [4.69, 9.17) is 39.1 Å². The minimum Gasteiger partial charge on any atom is -0.495 e. The van der Waals surface area contributed by atoms with Crippen molar-refractivity contribution in [3.8, 4) is 5.75 Å². The molecule has 0 spiro atoms. The number of aliphatic hydroxyl groups excluding tert-OH is 6. The van der Waals surface area contributed by atoms with E-state index in [1.807, 2.05) is 19.9 Å². The Kier molecular flexibility index (Phi) is 38.2. The van der Waals surface area contributed by atoms with Crippen LogP contribution in [0.5, 0.6) is 5.75 Å². The molecule has 0 saturated carbocycles. The Bertz CT molecular complexity index is 5040. The van der Waals surface area contributed by atoms with Gasteiger partial charge in [-0.05, 0) is 50.7 Å². The number of aromatic nitrogens is 18. The van der Waals surface area contributed by atoms with E-state index in [0.29, 0.717) is 96.4 Å². The van der Waals surface area contributed by atoms with Gasteiger partial charge in [-0.1, -0.05) is 106 Å². The van der Waals surface area contributed by atoms with Crippen molar-refractivity contribution < 1.29 is 57.3 Å². The molecule has 12 heterocycles. The lowest BCUT2D eigenvalue weighted by Crippen LogP contribution is -2.25. The third kappa shape index (κ3) is 28.8. The number of fused-ring (bicyclic) bond motifs is 6. The highest BCUT2D eigenvalue weighted by atomic mass is 19.2. The quantitative estimate of drug-likeness (QED) is 0.0130. The van der Waals surface area contributed by atoms with Crippen molar-refractivity contribution in [1.29, 1.82) is 0 Å². The van der Waals surface area contributed by atoms with Gasteiger partial charge < -0.3 is 102 Å². The summed E-state index contributed by atoms with van der Waals surface area (Å²) in [4.78, 5) is 72.5. The minimum atomic E-state index is -1.23. The van der Waals surface area contributed by atoms with Crippen LogP contribution in [0.15, 0.2) is 73.4 Å². The summed E-state index contributed by atoms with van der Waals surface area (Å²) in [5, 5.41) is 74.8. The number of aliphatic hydroxyl groups is 6. The van der Waals surface area contributed by atoms with Crippen molar-refractivity contribution in [2.24, 2.45) is 0 Å². The van der Waals surface area contributed by atoms with E-state index in [2.05, 4.69) is 149 Å². The number of methoxy groups -OCH3 is 1. The molecule has 0 aliphatic rings. The van der Waals surface area contributed by atoms with Crippen LogP contribution < -0.4 is 71.0 Å². The van der Waals surface area contributed by atoms with Gasteiger partial charge in [0.1, 0.15) is 61.8 Å². The zero-order valence-corrected chi connectivity index (χ0v) is 67.4. The highest BCUT2D eigenvalue weighted by Crippen LogP contribution is 2.29. The summed E-state index contributed by atoms with van der Waals surface area (Å²) in [6.07, 6.45) is 21.3. The number of nitrogens with two attached hydrogens (primary N) is 6. The fraction of sp³-hybridized carbons (Fsp3) is 0.455. The molecule has 6 atom stereocenters. The normalized spacial score (nSPS) is 12.5. The monoisotopic (exact) mass is 1660 g/mol. The highest BCUT2D eigenvalue weighted by Gasteiger charge is 2.21. The number of anilines is 12. The summed E-state index contributed by atoms with van der Waals surface area (Å²) in [5.41, 5.74) is 38.9. The van der Waals surface area contributed by atoms with Crippen molar-refractivity contribution >= 4 is 137 Å². The van der Waals surface area contributed by atoms with E-state index < -0.39 is 29.2 Å². The minimum absolute atomic E-state index is 0.0212. The number of nitrogens with zero attached hydrogens (tertiary/aromatic N) is 18. The second-order valence-electron chi connectivity index (χ2n) is 27.2. The first kappa shape index (κ1) is 93.9. The predicted molar refractivity (Wildman–Crippen MR) is 452 cm³/mol. The largest absolute Gasteiger partial charge is 0.495 e. The first-order chi connectivity index (χ1) is 57.4. The molecule has 119 heavy (non-hydrogen) atoms. The molecule has 12 aromatic rings. The average Bonchev–Trinajstić information content (AvgIpc) is 0.830. The van der Waals surface area contributed by atoms with Crippen molar-refractivity contribution in [3.05, 3.63) is 103 Å². The Balaban J connectivity index is 0.000000197. The fourth-order valence-electron chi connectivity index (χ4n) is 11.7. The molecule has 12 rings (SSSR count). The van der Waals surface area contributed by atoms with Crippen LogP contribution >= 0.6 is 0 Å². The number of unbranched alkanes of at least 4 members (excludes halogenated alkanes) is 4. The SMILES string of the molecule is CCCC[C@@H](CO)Nc1nc(N)nc2cc(F)cnc12.CCCC[C@H](CO)Nc1nc(N)nc2cc(F)c(F)nc12.CCCC[C@H](CO)Nc1nc(N)nc2cc(F)cnc12.CCCC[C@H](CO)Nc1nc(N)nc2cccnc12.CCC[C@@H](CO)Nc1nc(N)nc2cc(F)cnc12.CCC[C@@H](CO)Nc1nc(N)nc2cc(OC)cnc12. The smallest absolute Gasteiger partial charge is 0.249 e. The average molecular weight is 1660 g/mol. The maximum atomic E-state index is 13.3. The molecule has 0 bridgehead atoms. The standard InChI is InChI=1S/C13H17F2N5O.2C13H18FN5O.C13H19N5O2.C13H19N5O.C12H16FN5O/c1-2-3-4-7(6-21)17-12-10-9(18-13(16)20-12)5-8(14)11(15)19-10;2*1-2-3-4-9(7-20)17-12-11-10(18-13(15)19-12)5-8(14)6-16-11;1-3-4-8(7-19)16-12-11-10(17-13(14)18-12)5-9(20-2)6-15-11;1-2-3-5-9(8-19)16-12-11-10(6-4-7-15-11)17-13(14)18-12;1-2-3-8(6-19)16-11-10-9(17-12(14)18-11)4-7(13)5-15-10/h5,7,21H,2-4,6H2,1H3,(H3,16,17,18,20);2*5-6,9,20H,2-4,7H2,1H3,(H3,15,17,18,19);5-6,8,19H,3-4,7H2,1-2H3,(H3,14,16,17,18);4,6-7,9,19H,2-3,5,8H2,1H3,(H3,14,16,17,18);4-5,8,19H,2-3,6H2,1H3,(H3,14,16,17,18)/t7-;2*9-;8-;9-;8-/m110010/s1. The van der Waals surface area contributed by atoms with Crippen LogP contribution in [0.4, 0.5) is 92.5 Å². The molecule has 642 valence electrons. The lowest BCUT2D eigenvalue weighted by molar-refractivity contribution is 0.266. The number of hydrogen-bond donors (Lipinski definition) is 18. The first-order valence-corrected chi connectivity index (χ1v) is 39.0. The van der Waals surface area contributed by atoms with Crippen molar-refractivity contribution in [1.82, 2.24) is 89.7 Å². The molecular formula is C77H107F5N30O7. The maximum Gasteiger partial charge on any atom is 0.249 e. The third-order valence-electron chi connectivity index (χ3n) is 17.7. The number of ether oxygens (including phenoxy) is 1. The predicted octanol–water partition coefficient (Wildman–Crippen LogP) is 9.34. The second kappa shape index (κ2) is 48.5. The number of pyridine rings is 6. The Morgan fingerprint density at radius 1 is 0.319 bits per heavy atom. The van der Waals surface area contributed by atoms with E-state index in [1.54, 1.807) is 31.6 Å². The molecule has 12 aromatic heterocycles. The van der Waals surface area contributed by atoms with Gasteiger partial charge in [-0.25, -0.2) is 72.4 Å². The van der Waals surface area contributed by atoms with Crippen LogP contribution in [-0.4, -0.2) is 203 Å². The van der Waals surface area contributed by atoms with Gasteiger partial charge in [0.2, 0.25) is 41.6 Å². The van der Waals surface area contributed by atoms with Crippen LogP contribution in [0.3, 0.4) is 0 Å². The summed E-state index contributed by atoms with van der Waals surface area (Å²) < 4.78 is 71.1. The Morgan fingerprint density at radius 3 is 0.882 bits per heavy atom. The topological polar surface area (TPSA) is 591 Å². The van der Waals surface area contributed by atoms with Gasteiger partial charge in [-0.15, -0.1) is 0 Å². The number of rotatable bonds is 35. The van der Waals surface area contributed by atoms with Gasteiger partial charge in [0.05, 0.1) is 135 Å². The molecule has 0 unspecified atom stereocenters. The van der Waals surface area contributed by atoms with Crippen molar-refractivity contribution in [3.63, 3.8) is 0 Å². The maximum absolute atomic E-state index is 13.3. The van der Waals surface area contributed by atoms with Crippen LogP contribution in [-0.2, 0) is 0 Å². The molecule has 0 aliphatic carbocycles. The number of hydrogen-bond acceptors (Lipinski definition) is 37. The van der Waals surface area contributed by atoms with E-state index in [1.165, 1.54) is 18.2 Å². The zero-order valence-electron chi connectivity index (χ0n) is 67.4. The fourth-order valence-corrected chi connectivity index (χ4v) is 11.7. The highest BCUT2D eigenvalue weighted by molar-refractivity contribution is 5.90. The van der Waals surface area contributed by atoms with Gasteiger partial charge in [-0.2, -0.15) is 34.3 Å². The Labute approximate surface area is 683 Å². The van der Waals surface area contributed by atoms with E-state index in [0.717, 1.165) is 121 Å². The Hall–Kier alpha value is -12.3. The number of nitrogens with one attached hydrogen (secondary N) is 6. The lowest BCUT2D eigenvalue weighted by atomic mass is 10.1. The van der Waals surface area contributed by atoms with Gasteiger partial charge in [-0.3, -0.25) is 4.98 Å². The molecule has 24 N–H and O–H groups in total. The molecular weight excluding hydrogens is 1550 g/mol. The van der Waals surface area contributed by atoms with Crippen LogP contribution in [0.2, 0.25) is 0 Å². The lowest BCUT2D eigenvalue weighted by Gasteiger charge is -2.17. The molecule has 37 nitrogen and oxygen atoms in total. The summed E-state index contributed by atoms with van der Waals surface area (Å²) in [6, 6.07) is 9.26.